The molecule has 112 valence electrons. The summed E-state index contributed by atoms with van der Waals surface area (Å²) in [5.41, 5.74) is 6.70. The van der Waals surface area contributed by atoms with E-state index in [1.807, 2.05) is 0 Å². The summed E-state index contributed by atoms with van der Waals surface area (Å²) in [5.74, 6) is -1.64. The van der Waals surface area contributed by atoms with Gasteiger partial charge in [-0.05, 0) is 18.2 Å². The van der Waals surface area contributed by atoms with E-state index in [0.29, 0.717) is 16.7 Å². The average Bonchev–Trinajstić information content (AvgIpc) is 2.91. The van der Waals surface area contributed by atoms with Crippen LogP contribution >= 0.6 is 0 Å². The van der Waals surface area contributed by atoms with Crippen LogP contribution in [0.3, 0.4) is 0 Å². The standard InChI is InChI=1S/C13H11N5O4/c1-22-10(11(14)19)12-17-16-9-5-15-7-3-2-6(13(20)21)4-8(7)18(9)12/h2-5,10H,1H3,(H2,14,19)(H,20,21). The maximum Gasteiger partial charge on any atom is 0.335 e. The van der Waals surface area contributed by atoms with Gasteiger partial charge in [0.15, 0.2) is 17.6 Å². The molecule has 3 rings (SSSR count). The van der Waals surface area contributed by atoms with Gasteiger partial charge in [0.2, 0.25) is 0 Å². The number of rotatable bonds is 4. The first kappa shape index (κ1) is 13.9. The first-order valence-corrected chi connectivity index (χ1v) is 6.22. The molecule has 2 heterocycles. The van der Waals surface area contributed by atoms with Gasteiger partial charge in [-0.3, -0.25) is 14.2 Å². The van der Waals surface area contributed by atoms with E-state index in [1.165, 1.54) is 29.8 Å². The zero-order valence-electron chi connectivity index (χ0n) is 11.4. The number of carbonyl (C=O) groups is 2. The van der Waals surface area contributed by atoms with Crippen LogP contribution in [-0.4, -0.2) is 43.7 Å². The number of ether oxygens (including phenoxy) is 1. The first-order chi connectivity index (χ1) is 10.5. The summed E-state index contributed by atoms with van der Waals surface area (Å²) >= 11 is 0. The Hall–Kier alpha value is -3.07. The first-order valence-electron chi connectivity index (χ1n) is 6.22. The molecule has 0 radical (unpaired) electrons. The van der Waals surface area contributed by atoms with Gasteiger partial charge >= 0.3 is 5.97 Å². The van der Waals surface area contributed by atoms with E-state index in [-0.39, 0.29) is 11.4 Å². The monoisotopic (exact) mass is 301 g/mol. The van der Waals surface area contributed by atoms with Crippen LogP contribution in [0.2, 0.25) is 0 Å². The minimum absolute atomic E-state index is 0.0782. The Bertz CT molecular complexity index is 904. The Morgan fingerprint density at radius 3 is 2.77 bits per heavy atom. The third-order valence-electron chi connectivity index (χ3n) is 3.22. The van der Waals surface area contributed by atoms with Gasteiger partial charge in [-0.25, -0.2) is 4.79 Å². The average molecular weight is 301 g/mol. The Kier molecular flexibility index (Phi) is 3.18. The third kappa shape index (κ3) is 2.04. The fraction of sp³-hybridized carbons (Fsp3) is 0.154. The van der Waals surface area contributed by atoms with Crippen molar-refractivity contribution in [2.24, 2.45) is 5.73 Å². The lowest BCUT2D eigenvalue weighted by Crippen LogP contribution is -2.24. The Morgan fingerprint density at radius 2 is 2.14 bits per heavy atom. The molecule has 3 N–H and O–H groups in total. The van der Waals surface area contributed by atoms with Crippen molar-refractivity contribution in [3.05, 3.63) is 35.8 Å². The molecule has 1 unspecified atom stereocenters. The van der Waals surface area contributed by atoms with Crippen LogP contribution in [0, 0.1) is 0 Å². The molecule has 0 fully saturated rings. The molecule has 1 aromatic carbocycles. The van der Waals surface area contributed by atoms with Crippen molar-refractivity contribution in [3.63, 3.8) is 0 Å². The van der Waals surface area contributed by atoms with Crippen LogP contribution in [0.1, 0.15) is 22.3 Å². The van der Waals surface area contributed by atoms with Crippen molar-refractivity contribution >= 4 is 28.6 Å². The number of carbonyl (C=O) groups excluding carboxylic acids is 1. The van der Waals surface area contributed by atoms with E-state index < -0.39 is 18.0 Å². The number of amides is 1. The van der Waals surface area contributed by atoms with E-state index in [0.717, 1.165) is 0 Å². The second-order valence-electron chi connectivity index (χ2n) is 4.54. The largest absolute Gasteiger partial charge is 0.478 e. The van der Waals surface area contributed by atoms with Crippen LogP contribution in [-0.2, 0) is 9.53 Å². The quantitative estimate of drug-likeness (QED) is 0.700. The molecule has 0 bridgehead atoms. The van der Waals surface area contributed by atoms with Crippen LogP contribution in [0.25, 0.3) is 16.7 Å². The highest BCUT2D eigenvalue weighted by Crippen LogP contribution is 2.21. The number of aromatic carboxylic acids is 1. The Balaban J connectivity index is 2.38. The van der Waals surface area contributed by atoms with Crippen LogP contribution in [0.15, 0.2) is 24.4 Å². The molecule has 22 heavy (non-hydrogen) atoms. The fourth-order valence-corrected chi connectivity index (χ4v) is 2.23. The number of benzene rings is 1. The fourth-order valence-electron chi connectivity index (χ4n) is 2.23. The summed E-state index contributed by atoms with van der Waals surface area (Å²) in [6.45, 7) is 0. The number of aromatic nitrogens is 4. The number of primary amides is 1. The van der Waals surface area contributed by atoms with Crippen LogP contribution < -0.4 is 5.73 Å². The molecule has 1 atom stereocenters. The smallest absolute Gasteiger partial charge is 0.335 e. The van der Waals surface area contributed by atoms with Crippen LogP contribution in [0.5, 0.6) is 0 Å². The zero-order chi connectivity index (χ0) is 15.9. The van der Waals surface area contributed by atoms with Gasteiger partial charge in [0.25, 0.3) is 5.91 Å². The highest BCUT2D eigenvalue weighted by molar-refractivity contribution is 5.93. The molecule has 0 spiro atoms. The third-order valence-corrected chi connectivity index (χ3v) is 3.22. The second-order valence-corrected chi connectivity index (χ2v) is 4.54. The lowest BCUT2D eigenvalue weighted by Gasteiger charge is -2.11. The van der Waals surface area contributed by atoms with Crippen molar-refractivity contribution in [1.29, 1.82) is 0 Å². The number of nitrogens with two attached hydrogens (primary N) is 1. The SMILES string of the molecule is COC(C(N)=O)c1nnc2cnc3ccc(C(=O)O)cc3n12. The second kappa shape index (κ2) is 5.04. The van der Waals surface area contributed by atoms with E-state index in [2.05, 4.69) is 15.2 Å². The van der Waals surface area contributed by atoms with Crippen molar-refractivity contribution < 1.29 is 19.4 Å². The molecule has 0 saturated carbocycles. The van der Waals surface area contributed by atoms with E-state index in [1.54, 1.807) is 6.07 Å². The molecule has 9 heteroatoms. The predicted octanol–water partition coefficient (Wildman–Crippen LogP) is 0.148. The number of fused-ring (bicyclic) bond motifs is 3. The number of hydrogen-bond donors (Lipinski definition) is 2. The van der Waals surface area contributed by atoms with Gasteiger partial charge < -0.3 is 15.6 Å². The molecule has 3 aromatic rings. The number of nitrogens with zero attached hydrogens (tertiary/aromatic N) is 4. The predicted molar refractivity (Wildman–Crippen MR) is 74.2 cm³/mol. The van der Waals surface area contributed by atoms with E-state index >= 15 is 0 Å². The van der Waals surface area contributed by atoms with Gasteiger partial charge in [0.1, 0.15) is 0 Å². The van der Waals surface area contributed by atoms with Crippen molar-refractivity contribution in [2.75, 3.05) is 7.11 Å². The summed E-state index contributed by atoms with van der Waals surface area (Å²) in [4.78, 5) is 26.8. The number of carboxylic acids is 1. The Morgan fingerprint density at radius 1 is 1.36 bits per heavy atom. The lowest BCUT2D eigenvalue weighted by atomic mass is 10.2. The molecule has 0 aliphatic carbocycles. The van der Waals surface area contributed by atoms with Crippen molar-refractivity contribution in [2.45, 2.75) is 6.10 Å². The van der Waals surface area contributed by atoms with Gasteiger partial charge in [-0.1, -0.05) is 0 Å². The molecular weight excluding hydrogens is 290 g/mol. The zero-order valence-corrected chi connectivity index (χ0v) is 11.4. The number of hydrogen-bond acceptors (Lipinski definition) is 6. The molecule has 0 aliphatic heterocycles. The van der Waals surface area contributed by atoms with Crippen molar-refractivity contribution in [3.8, 4) is 0 Å². The van der Waals surface area contributed by atoms with E-state index in [4.69, 9.17) is 15.6 Å². The van der Waals surface area contributed by atoms with Gasteiger partial charge in [0.05, 0.1) is 22.8 Å². The molecule has 0 aliphatic rings. The normalized spacial score (nSPS) is 12.6. The summed E-state index contributed by atoms with van der Waals surface area (Å²) in [6, 6.07) is 4.43. The van der Waals surface area contributed by atoms with Gasteiger partial charge in [0, 0.05) is 7.11 Å². The number of carboxylic acid groups (broad SMARTS) is 1. The summed E-state index contributed by atoms with van der Waals surface area (Å²) in [7, 11) is 1.32. The topological polar surface area (TPSA) is 133 Å². The Labute approximate surface area is 123 Å². The molecule has 1 amide bonds. The lowest BCUT2D eigenvalue weighted by molar-refractivity contribution is -0.128. The van der Waals surface area contributed by atoms with Gasteiger partial charge in [-0.2, -0.15) is 0 Å². The minimum atomic E-state index is -1.10. The maximum absolute atomic E-state index is 11.5. The molecular formula is C13H11N5O4. The highest BCUT2D eigenvalue weighted by atomic mass is 16.5. The highest BCUT2D eigenvalue weighted by Gasteiger charge is 2.24. The maximum atomic E-state index is 11.5. The summed E-state index contributed by atoms with van der Waals surface area (Å²) in [5, 5.41) is 16.9. The number of methoxy groups -OCH3 is 1. The van der Waals surface area contributed by atoms with E-state index in [9.17, 15) is 9.59 Å². The minimum Gasteiger partial charge on any atom is -0.478 e. The molecule has 2 aromatic heterocycles. The molecule has 9 nitrogen and oxygen atoms in total. The molecule has 0 saturated heterocycles. The van der Waals surface area contributed by atoms with Crippen LogP contribution in [0.4, 0.5) is 0 Å². The summed E-state index contributed by atoms with van der Waals surface area (Å²) < 4.78 is 6.56. The van der Waals surface area contributed by atoms with Gasteiger partial charge in [-0.15, -0.1) is 10.2 Å². The van der Waals surface area contributed by atoms with Crippen molar-refractivity contribution in [1.82, 2.24) is 19.6 Å². The summed E-state index contributed by atoms with van der Waals surface area (Å²) in [6.07, 6.45) is 0.363.